The second-order valence-electron chi connectivity index (χ2n) is 6.13. The number of likely N-dealkylation sites (tertiary alicyclic amines) is 1. The summed E-state index contributed by atoms with van der Waals surface area (Å²) in [4.78, 5) is 14.6. The van der Waals surface area contributed by atoms with Gasteiger partial charge < -0.3 is 10.0 Å². The number of halogens is 1. The number of rotatable bonds is 2. The molecule has 1 aromatic carbocycles. The highest BCUT2D eigenvalue weighted by Gasteiger charge is 2.30. The van der Waals surface area contributed by atoms with Crippen LogP contribution in [0.3, 0.4) is 0 Å². The molecule has 1 aliphatic rings. The Morgan fingerprint density at radius 2 is 2.13 bits per heavy atom. The summed E-state index contributed by atoms with van der Waals surface area (Å²) in [6.07, 6.45) is 2.04. The highest BCUT2D eigenvalue weighted by atomic mass is 35.5. The Balaban J connectivity index is 1.95. The number of aliphatic hydroxyl groups is 1. The van der Waals surface area contributed by atoms with Crippen molar-refractivity contribution in [2.45, 2.75) is 19.4 Å². The molecule has 0 spiro atoms. The van der Waals surface area contributed by atoms with Crippen LogP contribution in [0.2, 0.25) is 5.02 Å². The molecule has 2 heterocycles. The number of aromatic nitrogens is 2. The molecule has 2 aromatic rings. The van der Waals surface area contributed by atoms with Crippen molar-refractivity contribution >= 4 is 17.5 Å². The number of amides is 1. The molecule has 0 bridgehead atoms. The van der Waals surface area contributed by atoms with Gasteiger partial charge in [0.15, 0.2) is 0 Å². The minimum atomic E-state index is -0.479. The van der Waals surface area contributed by atoms with Crippen LogP contribution in [0.4, 0.5) is 0 Å². The number of nitrogens with zero attached hydrogens (tertiary/aromatic N) is 3. The lowest BCUT2D eigenvalue weighted by Gasteiger charge is -2.34. The average molecular weight is 334 g/mol. The molecule has 3 rings (SSSR count). The number of carbonyl (C=O) groups excluding carboxylic acids is 1. The Hall–Kier alpha value is -1.85. The predicted molar refractivity (Wildman–Crippen MR) is 89.3 cm³/mol. The molecule has 1 aromatic heterocycles. The SMILES string of the molecule is CC1CCN(C(=O)c2cn(C)nc2-c2ccccc2Cl)CC1O. The number of aryl methyl sites for hydroxylation is 1. The van der Waals surface area contributed by atoms with Gasteiger partial charge in [0.2, 0.25) is 0 Å². The van der Waals surface area contributed by atoms with Crippen LogP contribution >= 0.6 is 11.6 Å². The topological polar surface area (TPSA) is 58.4 Å². The minimum absolute atomic E-state index is 0.112. The fraction of sp³-hybridized carbons (Fsp3) is 0.412. The Labute approximate surface area is 140 Å². The summed E-state index contributed by atoms with van der Waals surface area (Å²) in [7, 11) is 1.78. The molecular formula is C17H20ClN3O2. The molecule has 0 saturated carbocycles. The van der Waals surface area contributed by atoms with Crippen LogP contribution in [0.1, 0.15) is 23.7 Å². The first-order chi connectivity index (χ1) is 11.0. The van der Waals surface area contributed by atoms with Crippen LogP contribution in [-0.2, 0) is 7.05 Å². The van der Waals surface area contributed by atoms with E-state index >= 15 is 0 Å². The van der Waals surface area contributed by atoms with Gasteiger partial charge >= 0.3 is 0 Å². The molecular weight excluding hydrogens is 314 g/mol. The second-order valence-corrected chi connectivity index (χ2v) is 6.54. The number of hydrogen-bond donors (Lipinski definition) is 1. The van der Waals surface area contributed by atoms with Crippen LogP contribution < -0.4 is 0 Å². The number of β-amino-alcohol motifs (C(OH)–C–C–N with tert-alkyl or cyclic N) is 1. The Bertz CT molecular complexity index is 728. The van der Waals surface area contributed by atoms with Crippen molar-refractivity contribution in [3.05, 3.63) is 41.0 Å². The van der Waals surface area contributed by atoms with E-state index < -0.39 is 6.10 Å². The van der Waals surface area contributed by atoms with Crippen LogP contribution in [0, 0.1) is 5.92 Å². The molecule has 122 valence electrons. The first kappa shape index (κ1) is 16.0. The first-order valence-electron chi connectivity index (χ1n) is 7.73. The molecule has 2 atom stereocenters. The van der Waals surface area contributed by atoms with E-state index in [0.29, 0.717) is 29.4 Å². The van der Waals surface area contributed by atoms with Gasteiger partial charge in [-0.1, -0.05) is 36.7 Å². The van der Waals surface area contributed by atoms with E-state index in [9.17, 15) is 9.90 Å². The highest BCUT2D eigenvalue weighted by Crippen LogP contribution is 2.30. The molecule has 1 fully saturated rings. The molecule has 0 aliphatic carbocycles. The van der Waals surface area contributed by atoms with E-state index in [2.05, 4.69) is 5.10 Å². The van der Waals surface area contributed by atoms with Gasteiger partial charge in [0, 0.05) is 31.9 Å². The third-order valence-electron chi connectivity index (χ3n) is 4.39. The van der Waals surface area contributed by atoms with E-state index in [1.165, 1.54) is 0 Å². The predicted octanol–water partition coefficient (Wildman–Crippen LogP) is 2.58. The Morgan fingerprint density at radius 3 is 2.83 bits per heavy atom. The summed E-state index contributed by atoms with van der Waals surface area (Å²) in [5.74, 6) is 0.106. The van der Waals surface area contributed by atoms with Crippen LogP contribution in [0.5, 0.6) is 0 Å². The summed E-state index contributed by atoms with van der Waals surface area (Å²) in [5, 5.41) is 15.0. The summed E-state index contributed by atoms with van der Waals surface area (Å²) in [6, 6.07) is 7.36. The van der Waals surface area contributed by atoms with Crippen LogP contribution in [-0.4, -0.2) is 44.9 Å². The molecule has 2 unspecified atom stereocenters. The number of benzene rings is 1. The van der Waals surface area contributed by atoms with Crippen molar-refractivity contribution < 1.29 is 9.90 Å². The maximum absolute atomic E-state index is 12.9. The van der Waals surface area contributed by atoms with Gasteiger partial charge in [-0.3, -0.25) is 9.48 Å². The van der Waals surface area contributed by atoms with Gasteiger partial charge in [0.25, 0.3) is 5.91 Å². The van der Waals surface area contributed by atoms with Crippen molar-refractivity contribution in [2.75, 3.05) is 13.1 Å². The number of hydrogen-bond acceptors (Lipinski definition) is 3. The van der Waals surface area contributed by atoms with Gasteiger partial charge in [-0.25, -0.2) is 0 Å². The molecule has 23 heavy (non-hydrogen) atoms. The number of piperidine rings is 1. The molecule has 1 N–H and O–H groups in total. The largest absolute Gasteiger partial charge is 0.391 e. The van der Waals surface area contributed by atoms with Crippen LogP contribution in [0.15, 0.2) is 30.5 Å². The fourth-order valence-electron chi connectivity index (χ4n) is 2.90. The van der Waals surface area contributed by atoms with Crippen molar-refractivity contribution in [1.29, 1.82) is 0 Å². The summed E-state index contributed by atoms with van der Waals surface area (Å²) >= 11 is 6.26. The summed E-state index contributed by atoms with van der Waals surface area (Å²) in [5.41, 5.74) is 1.84. The third kappa shape index (κ3) is 3.12. The van der Waals surface area contributed by atoms with Crippen molar-refractivity contribution in [3.8, 4) is 11.3 Å². The Morgan fingerprint density at radius 1 is 1.39 bits per heavy atom. The minimum Gasteiger partial charge on any atom is -0.391 e. The van der Waals surface area contributed by atoms with Gasteiger partial charge in [-0.15, -0.1) is 0 Å². The normalized spacial score (nSPS) is 21.5. The van der Waals surface area contributed by atoms with Gasteiger partial charge in [-0.05, 0) is 18.4 Å². The highest BCUT2D eigenvalue weighted by molar-refractivity contribution is 6.33. The monoisotopic (exact) mass is 333 g/mol. The van der Waals surface area contributed by atoms with Crippen molar-refractivity contribution in [2.24, 2.45) is 13.0 Å². The molecule has 5 nitrogen and oxygen atoms in total. The lowest BCUT2D eigenvalue weighted by molar-refractivity contribution is 0.0249. The Kier molecular flexibility index (Phi) is 4.41. The standard InChI is InChI=1S/C17H20ClN3O2/c1-11-7-8-21(10-15(11)22)17(23)13-9-20(2)19-16(13)12-5-3-4-6-14(12)18/h3-6,9,11,15,22H,7-8,10H2,1-2H3. The maximum atomic E-state index is 12.9. The molecule has 0 radical (unpaired) electrons. The van der Waals surface area contributed by atoms with Crippen LogP contribution in [0.25, 0.3) is 11.3 Å². The first-order valence-corrected chi connectivity index (χ1v) is 8.11. The third-order valence-corrected chi connectivity index (χ3v) is 4.72. The van der Waals surface area contributed by atoms with Crippen molar-refractivity contribution in [3.63, 3.8) is 0 Å². The van der Waals surface area contributed by atoms with E-state index in [0.717, 1.165) is 12.0 Å². The van der Waals surface area contributed by atoms with E-state index in [1.807, 2.05) is 25.1 Å². The maximum Gasteiger partial charge on any atom is 0.257 e. The number of aliphatic hydroxyl groups excluding tert-OH is 1. The van der Waals surface area contributed by atoms with Gasteiger partial charge in [0.05, 0.1) is 16.7 Å². The zero-order valence-electron chi connectivity index (χ0n) is 13.2. The molecule has 1 aliphatic heterocycles. The summed E-state index contributed by atoms with van der Waals surface area (Å²) in [6.45, 7) is 3.01. The van der Waals surface area contributed by atoms with Gasteiger partial charge in [-0.2, -0.15) is 5.10 Å². The average Bonchev–Trinajstić information content (AvgIpc) is 2.91. The zero-order valence-corrected chi connectivity index (χ0v) is 14.0. The number of carbonyl (C=O) groups is 1. The van der Waals surface area contributed by atoms with Gasteiger partial charge in [0.1, 0.15) is 5.69 Å². The molecule has 1 saturated heterocycles. The van der Waals surface area contributed by atoms with E-state index in [1.54, 1.807) is 28.9 Å². The zero-order chi connectivity index (χ0) is 16.6. The molecule has 6 heteroatoms. The fourth-order valence-corrected chi connectivity index (χ4v) is 3.13. The second kappa shape index (κ2) is 6.34. The smallest absolute Gasteiger partial charge is 0.257 e. The lowest BCUT2D eigenvalue weighted by Crippen LogP contribution is -2.45. The van der Waals surface area contributed by atoms with Crippen molar-refractivity contribution in [1.82, 2.24) is 14.7 Å². The summed E-state index contributed by atoms with van der Waals surface area (Å²) < 4.78 is 1.62. The lowest BCUT2D eigenvalue weighted by atomic mass is 9.95. The van der Waals surface area contributed by atoms with E-state index in [-0.39, 0.29) is 11.8 Å². The molecule has 1 amide bonds. The van der Waals surface area contributed by atoms with E-state index in [4.69, 9.17) is 11.6 Å². The quantitative estimate of drug-likeness (QED) is 0.919.